The first kappa shape index (κ1) is 9.07. The molecule has 0 radical (unpaired) electrons. The molecular weight excluding hydrogens is 174 g/mol. The molecule has 1 rings (SSSR count). The van der Waals surface area contributed by atoms with Gasteiger partial charge in [0.25, 0.3) is 0 Å². The first-order valence-electron chi connectivity index (χ1n) is 3.82. The van der Waals surface area contributed by atoms with Crippen LogP contribution in [0.15, 0.2) is 11.6 Å². The fourth-order valence-electron chi connectivity index (χ4n) is 0.974. The van der Waals surface area contributed by atoms with Crippen molar-refractivity contribution in [3.05, 3.63) is 16.6 Å². The van der Waals surface area contributed by atoms with Crippen LogP contribution in [0, 0.1) is 5.92 Å². The molecule has 0 amide bonds. The van der Waals surface area contributed by atoms with Crippen LogP contribution in [0.1, 0.15) is 18.4 Å². The minimum atomic E-state index is 0.721. The molecule has 1 aromatic heterocycles. The van der Waals surface area contributed by atoms with E-state index in [0.29, 0.717) is 0 Å². The van der Waals surface area contributed by atoms with Crippen molar-refractivity contribution in [3.8, 4) is 0 Å². The molecule has 1 nitrogen and oxygen atoms in total. The molecule has 0 saturated carbocycles. The molecule has 1 aromatic rings. The lowest BCUT2D eigenvalue weighted by atomic mass is 10.1. The fraction of sp³-hybridized carbons (Fsp3) is 0.625. The lowest BCUT2D eigenvalue weighted by Crippen LogP contribution is -1.99. The highest BCUT2D eigenvalue weighted by atomic mass is 32.1. The zero-order chi connectivity index (χ0) is 8.10. The van der Waals surface area contributed by atoms with E-state index in [1.165, 1.54) is 11.4 Å². The molecule has 0 aromatic carbocycles. The van der Waals surface area contributed by atoms with Crippen molar-refractivity contribution in [2.75, 3.05) is 5.75 Å². The summed E-state index contributed by atoms with van der Waals surface area (Å²) in [6.07, 6.45) is 4.16. The zero-order valence-corrected chi connectivity index (χ0v) is 8.37. The first-order valence-corrected chi connectivity index (χ1v) is 5.33. The molecule has 0 aliphatic heterocycles. The van der Waals surface area contributed by atoms with Crippen molar-refractivity contribution in [3.63, 3.8) is 0 Å². The second kappa shape index (κ2) is 4.78. The summed E-state index contributed by atoms with van der Waals surface area (Å²) in [4.78, 5) is 4.23. The molecule has 62 valence electrons. The maximum atomic E-state index is 4.23. The van der Waals surface area contributed by atoms with E-state index >= 15 is 0 Å². The van der Waals surface area contributed by atoms with Crippen molar-refractivity contribution in [2.24, 2.45) is 5.92 Å². The van der Waals surface area contributed by atoms with E-state index in [2.05, 4.69) is 24.5 Å². The van der Waals surface area contributed by atoms with Gasteiger partial charge in [0.15, 0.2) is 0 Å². The summed E-state index contributed by atoms with van der Waals surface area (Å²) >= 11 is 5.94. The molecule has 3 heteroatoms. The van der Waals surface area contributed by atoms with Crippen LogP contribution in [-0.4, -0.2) is 10.7 Å². The van der Waals surface area contributed by atoms with E-state index in [1.54, 1.807) is 11.3 Å². The number of nitrogens with zero attached hydrogens (tertiary/aromatic N) is 1. The number of aromatic nitrogens is 1. The third-order valence-corrected chi connectivity index (χ3v) is 2.69. The van der Waals surface area contributed by atoms with E-state index in [0.717, 1.165) is 18.1 Å². The van der Waals surface area contributed by atoms with E-state index in [-0.39, 0.29) is 0 Å². The lowest BCUT2D eigenvalue weighted by Gasteiger charge is -2.05. The van der Waals surface area contributed by atoms with Crippen LogP contribution in [0.4, 0.5) is 0 Å². The molecule has 11 heavy (non-hydrogen) atoms. The van der Waals surface area contributed by atoms with Crippen LogP contribution in [0.25, 0.3) is 0 Å². The monoisotopic (exact) mass is 187 g/mol. The Morgan fingerprint density at radius 3 is 3.09 bits per heavy atom. The van der Waals surface area contributed by atoms with Crippen LogP contribution < -0.4 is 0 Å². The van der Waals surface area contributed by atoms with Crippen molar-refractivity contribution in [1.82, 2.24) is 4.98 Å². The predicted molar refractivity (Wildman–Crippen MR) is 53.5 cm³/mol. The Bertz CT molecular complexity index is 184. The van der Waals surface area contributed by atoms with Crippen LogP contribution in [-0.2, 0) is 6.42 Å². The summed E-state index contributed by atoms with van der Waals surface area (Å²) in [5.41, 5.74) is 0. The average Bonchev–Trinajstić information content (AvgIpc) is 2.40. The molecule has 1 unspecified atom stereocenters. The van der Waals surface area contributed by atoms with Gasteiger partial charge in [-0.15, -0.1) is 11.3 Å². The Morgan fingerprint density at radius 1 is 1.73 bits per heavy atom. The third kappa shape index (κ3) is 3.25. The highest BCUT2D eigenvalue weighted by molar-refractivity contribution is 7.80. The van der Waals surface area contributed by atoms with Gasteiger partial charge < -0.3 is 0 Å². The molecule has 0 saturated heterocycles. The van der Waals surface area contributed by atoms with Gasteiger partial charge in [-0.05, 0) is 18.1 Å². The quantitative estimate of drug-likeness (QED) is 0.715. The highest BCUT2D eigenvalue weighted by Gasteiger charge is 2.03. The van der Waals surface area contributed by atoms with Crippen LogP contribution in [0.2, 0.25) is 0 Å². The lowest BCUT2D eigenvalue weighted by molar-refractivity contribution is 0.564. The molecule has 0 bridgehead atoms. The zero-order valence-electron chi connectivity index (χ0n) is 6.66. The van der Waals surface area contributed by atoms with Gasteiger partial charge in [-0.25, -0.2) is 4.98 Å². The topological polar surface area (TPSA) is 12.9 Å². The summed E-state index contributed by atoms with van der Waals surface area (Å²) in [5.74, 6) is 1.70. The van der Waals surface area contributed by atoms with Gasteiger partial charge in [0, 0.05) is 18.0 Å². The molecular formula is C8H13NS2. The van der Waals surface area contributed by atoms with Gasteiger partial charge in [0.05, 0.1) is 5.01 Å². The Morgan fingerprint density at radius 2 is 2.55 bits per heavy atom. The molecule has 0 N–H and O–H groups in total. The summed E-state index contributed by atoms with van der Waals surface area (Å²) in [5, 5.41) is 3.28. The molecule has 0 fully saturated rings. The fourth-order valence-corrected chi connectivity index (χ4v) is 2.20. The number of thiol groups is 1. The van der Waals surface area contributed by atoms with Gasteiger partial charge in [0.1, 0.15) is 0 Å². The largest absolute Gasteiger partial charge is 0.250 e. The summed E-state index contributed by atoms with van der Waals surface area (Å²) in [6, 6.07) is 0. The van der Waals surface area contributed by atoms with Crippen LogP contribution >= 0.6 is 24.0 Å². The normalized spacial score (nSPS) is 13.3. The molecule has 0 spiro atoms. The Kier molecular flexibility index (Phi) is 3.94. The maximum absolute atomic E-state index is 4.23. The van der Waals surface area contributed by atoms with Gasteiger partial charge in [-0.1, -0.05) is 6.92 Å². The van der Waals surface area contributed by atoms with Crippen molar-refractivity contribution < 1.29 is 0 Å². The molecule has 1 atom stereocenters. The number of hydrogen-bond acceptors (Lipinski definition) is 3. The molecule has 0 aliphatic carbocycles. The first-order chi connectivity index (χ1) is 5.33. The average molecular weight is 187 g/mol. The van der Waals surface area contributed by atoms with Crippen molar-refractivity contribution in [2.45, 2.75) is 19.8 Å². The highest BCUT2D eigenvalue weighted by Crippen LogP contribution is 2.13. The smallest absolute Gasteiger partial charge is 0.0927 e. The molecule has 0 aliphatic rings. The second-order valence-corrected chi connectivity index (χ2v) is 4.17. The van der Waals surface area contributed by atoms with Gasteiger partial charge >= 0.3 is 0 Å². The van der Waals surface area contributed by atoms with Crippen LogP contribution in [0.5, 0.6) is 0 Å². The van der Waals surface area contributed by atoms with E-state index in [4.69, 9.17) is 0 Å². The molecule has 1 heterocycles. The maximum Gasteiger partial charge on any atom is 0.0927 e. The number of hydrogen-bond donors (Lipinski definition) is 1. The number of thiazole rings is 1. The Labute approximate surface area is 77.3 Å². The van der Waals surface area contributed by atoms with Gasteiger partial charge in [-0.3, -0.25) is 0 Å². The predicted octanol–water partition coefficient (Wildman–Crippen LogP) is 2.64. The van der Waals surface area contributed by atoms with Crippen molar-refractivity contribution >= 4 is 24.0 Å². The Hall–Kier alpha value is -0.0200. The number of rotatable bonds is 4. The third-order valence-electron chi connectivity index (χ3n) is 1.63. The van der Waals surface area contributed by atoms with E-state index < -0.39 is 0 Å². The van der Waals surface area contributed by atoms with Gasteiger partial charge in [-0.2, -0.15) is 12.6 Å². The Balaban J connectivity index is 2.31. The summed E-state index contributed by atoms with van der Waals surface area (Å²) in [7, 11) is 0. The van der Waals surface area contributed by atoms with E-state index in [1.807, 2.05) is 11.6 Å². The standard InChI is InChI=1S/C8H13NS2/c1-7(2-4-10)6-8-9-3-5-11-8/h3,5,7,10H,2,4,6H2,1H3. The minimum absolute atomic E-state index is 0.721. The van der Waals surface area contributed by atoms with Gasteiger partial charge in [0.2, 0.25) is 0 Å². The summed E-state index contributed by atoms with van der Waals surface area (Å²) < 4.78 is 0. The second-order valence-electron chi connectivity index (χ2n) is 2.75. The SMILES string of the molecule is CC(CCS)Cc1nccs1. The summed E-state index contributed by atoms with van der Waals surface area (Å²) in [6.45, 7) is 2.25. The van der Waals surface area contributed by atoms with Crippen LogP contribution in [0.3, 0.4) is 0 Å². The van der Waals surface area contributed by atoms with Crippen molar-refractivity contribution in [1.29, 1.82) is 0 Å². The minimum Gasteiger partial charge on any atom is -0.250 e. The van der Waals surface area contributed by atoms with E-state index in [9.17, 15) is 0 Å².